The molecule has 1 rings (SSSR count). The van der Waals surface area contributed by atoms with Crippen molar-refractivity contribution in [2.45, 2.75) is 12.3 Å². The highest BCUT2D eigenvalue weighted by Crippen LogP contribution is 2.31. The predicted molar refractivity (Wildman–Crippen MR) is 39.7 cm³/mol. The molecule has 0 spiro atoms. The molecule has 1 heterocycles. The number of nitrogens with two attached hydrogens (primary N) is 1. The van der Waals surface area contributed by atoms with Crippen molar-refractivity contribution in [3.63, 3.8) is 0 Å². The number of rotatable bonds is 1. The van der Waals surface area contributed by atoms with Crippen LogP contribution < -0.4 is 5.73 Å². The second kappa shape index (κ2) is 3.21. The zero-order chi connectivity index (χ0) is 10.1. The van der Waals surface area contributed by atoms with E-state index in [4.69, 9.17) is 10.8 Å². The number of hydrogen-bond donors (Lipinski definition) is 2. The van der Waals surface area contributed by atoms with Gasteiger partial charge in [-0.2, -0.15) is 13.2 Å². The fourth-order valence-corrected chi connectivity index (χ4v) is 0.783. The van der Waals surface area contributed by atoms with Crippen LogP contribution in [-0.4, -0.2) is 16.3 Å². The van der Waals surface area contributed by atoms with Gasteiger partial charge in [0.15, 0.2) is 6.10 Å². The summed E-state index contributed by atoms with van der Waals surface area (Å²) in [6.07, 6.45) is -6.17. The van der Waals surface area contributed by atoms with Crippen LogP contribution in [0.1, 0.15) is 11.8 Å². The highest BCUT2D eigenvalue weighted by atomic mass is 19.4. The van der Waals surface area contributed by atoms with Crippen molar-refractivity contribution >= 4 is 5.69 Å². The highest BCUT2D eigenvalue weighted by Gasteiger charge is 2.40. The summed E-state index contributed by atoms with van der Waals surface area (Å²) < 4.78 is 35.8. The summed E-state index contributed by atoms with van der Waals surface area (Å²) in [7, 11) is 0. The highest BCUT2D eigenvalue weighted by molar-refractivity contribution is 5.37. The molecule has 3 nitrogen and oxygen atoms in total. The Labute approximate surface area is 72.0 Å². The van der Waals surface area contributed by atoms with Crippen LogP contribution in [0.15, 0.2) is 18.3 Å². The molecule has 13 heavy (non-hydrogen) atoms. The molecular formula is C7H7F3N2O. The second-order valence-corrected chi connectivity index (χ2v) is 2.46. The van der Waals surface area contributed by atoms with Crippen LogP contribution in [0.5, 0.6) is 0 Å². The number of anilines is 1. The summed E-state index contributed by atoms with van der Waals surface area (Å²) in [4.78, 5) is 3.36. The molecule has 0 aliphatic carbocycles. The van der Waals surface area contributed by atoms with Gasteiger partial charge < -0.3 is 10.8 Å². The third-order valence-electron chi connectivity index (χ3n) is 1.40. The number of aliphatic hydroxyl groups excluding tert-OH is 1. The van der Waals surface area contributed by atoms with Crippen molar-refractivity contribution in [3.05, 3.63) is 24.0 Å². The summed E-state index contributed by atoms with van der Waals surface area (Å²) >= 11 is 0. The molecule has 6 heteroatoms. The Morgan fingerprint density at radius 3 is 2.54 bits per heavy atom. The lowest BCUT2D eigenvalue weighted by Crippen LogP contribution is -2.21. The standard InChI is InChI=1S/C7H7F3N2O/c8-7(9,10)6(13)5-3-4(11)1-2-12-5/h1-3,6,13H,(H2,11,12). The molecule has 0 aliphatic rings. The number of nitrogen functional groups attached to an aromatic ring is 1. The number of hydrogen-bond acceptors (Lipinski definition) is 3. The van der Waals surface area contributed by atoms with Gasteiger partial charge in [-0.25, -0.2) is 0 Å². The number of nitrogens with zero attached hydrogens (tertiary/aromatic N) is 1. The summed E-state index contributed by atoms with van der Waals surface area (Å²) in [5.74, 6) is 0. The summed E-state index contributed by atoms with van der Waals surface area (Å²) in [6, 6.07) is 2.32. The minimum absolute atomic E-state index is 0.133. The average Bonchev–Trinajstić information content (AvgIpc) is 2.01. The van der Waals surface area contributed by atoms with E-state index in [1.165, 1.54) is 6.07 Å². The van der Waals surface area contributed by atoms with E-state index in [2.05, 4.69) is 4.98 Å². The summed E-state index contributed by atoms with van der Waals surface area (Å²) in [5.41, 5.74) is 4.86. The summed E-state index contributed by atoms with van der Waals surface area (Å²) in [5, 5.41) is 8.74. The first kappa shape index (κ1) is 9.79. The number of halogens is 3. The lowest BCUT2D eigenvalue weighted by molar-refractivity contribution is -0.207. The van der Waals surface area contributed by atoms with Gasteiger partial charge in [0.05, 0.1) is 5.69 Å². The van der Waals surface area contributed by atoms with Gasteiger partial charge in [0.25, 0.3) is 0 Å². The van der Waals surface area contributed by atoms with E-state index in [0.717, 1.165) is 12.3 Å². The summed E-state index contributed by atoms with van der Waals surface area (Å²) in [6.45, 7) is 0. The average molecular weight is 192 g/mol. The van der Waals surface area contributed by atoms with Crippen molar-refractivity contribution in [1.82, 2.24) is 4.98 Å². The van der Waals surface area contributed by atoms with Gasteiger partial charge in [-0.15, -0.1) is 0 Å². The Hall–Kier alpha value is -1.30. The second-order valence-electron chi connectivity index (χ2n) is 2.46. The molecular weight excluding hydrogens is 185 g/mol. The van der Waals surface area contributed by atoms with Crippen molar-refractivity contribution in [3.8, 4) is 0 Å². The fourth-order valence-electron chi connectivity index (χ4n) is 0.783. The zero-order valence-electron chi connectivity index (χ0n) is 6.42. The van der Waals surface area contributed by atoms with Gasteiger partial charge in [0.1, 0.15) is 0 Å². The molecule has 0 amide bonds. The Kier molecular flexibility index (Phi) is 2.42. The zero-order valence-corrected chi connectivity index (χ0v) is 6.42. The molecule has 1 atom stereocenters. The van der Waals surface area contributed by atoms with Crippen molar-refractivity contribution in [2.24, 2.45) is 0 Å². The first-order valence-corrected chi connectivity index (χ1v) is 3.37. The quantitative estimate of drug-likeness (QED) is 0.704. The molecule has 0 aromatic carbocycles. The molecule has 0 bridgehead atoms. The van der Waals surface area contributed by atoms with Crippen LogP contribution in [0.25, 0.3) is 0 Å². The SMILES string of the molecule is Nc1ccnc(C(O)C(F)(F)F)c1. The van der Waals surface area contributed by atoms with Crippen LogP contribution in [-0.2, 0) is 0 Å². The normalized spacial score (nSPS) is 14.2. The van der Waals surface area contributed by atoms with E-state index >= 15 is 0 Å². The number of aliphatic hydroxyl groups is 1. The van der Waals surface area contributed by atoms with Gasteiger partial charge in [0.2, 0.25) is 0 Å². The Balaban J connectivity index is 2.96. The van der Waals surface area contributed by atoms with E-state index in [0.29, 0.717) is 0 Å². The van der Waals surface area contributed by atoms with Crippen LogP contribution in [0.2, 0.25) is 0 Å². The first-order chi connectivity index (χ1) is 5.91. The van der Waals surface area contributed by atoms with E-state index in [9.17, 15) is 13.2 Å². The minimum Gasteiger partial charge on any atom is -0.399 e. The third kappa shape index (κ3) is 2.32. The molecule has 0 radical (unpaired) electrons. The van der Waals surface area contributed by atoms with Crippen LogP contribution >= 0.6 is 0 Å². The predicted octanol–water partition coefficient (Wildman–Crippen LogP) is 1.26. The topological polar surface area (TPSA) is 59.1 Å². The van der Waals surface area contributed by atoms with Crippen LogP contribution in [0.4, 0.5) is 18.9 Å². The Morgan fingerprint density at radius 2 is 2.08 bits per heavy atom. The van der Waals surface area contributed by atoms with Crippen LogP contribution in [0.3, 0.4) is 0 Å². The molecule has 0 saturated carbocycles. The third-order valence-corrected chi connectivity index (χ3v) is 1.40. The molecule has 1 unspecified atom stereocenters. The number of aromatic nitrogens is 1. The van der Waals surface area contributed by atoms with E-state index in [1.807, 2.05) is 0 Å². The van der Waals surface area contributed by atoms with Gasteiger partial charge in [-0.3, -0.25) is 4.98 Å². The molecule has 0 aliphatic heterocycles. The lowest BCUT2D eigenvalue weighted by atomic mass is 10.2. The van der Waals surface area contributed by atoms with Crippen LogP contribution in [0, 0.1) is 0 Å². The van der Waals surface area contributed by atoms with E-state index in [1.54, 1.807) is 0 Å². The Morgan fingerprint density at radius 1 is 1.46 bits per heavy atom. The van der Waals surface area contributed by atoms with Crippen molar-refractivity contribution < 1.29 is 18.3 Å². The lowest BCUT2D eigenvalue weighted by Gasteiger charge is -2.13. The minimum atomic E-state index is -4.71. The van der Waals surface area contributed by atoms with Gasteiger partial charge in [-0.1, -0.05) is 0 Å². The molecule has 72 valence electrons. The first-order valence-electron chi connectivity index (χ1n) is 3.37. The van der Waals surface area contributed by atoms with Crippen molar-refractivity contribution in [1.29, 1.82) is 0 Å². The maximum absolute atomic E-state index is 11.9. The van der Waals surface area contributed by atoms with E-state index in [-0.39, 0.29) is 5.69 Å². The van der Waals surface area contributed by atoms with Crippen molar-refractivity contribution in [2.75, 3.05) is 5.73 Å². The largest absolute Gasteiger partial charge is 0.420 e. The maximum Gasteiger partial charge on any atom is 0.420 e. The molecule has 0 saturated heterocycles. The van der Waals surface area contributed by atoms with E-state index < -0.39 is 18.0 Å². The van der Waals surface area contributed by atoms with Gasteiger partial charge >= 0.3 is 6.18 Å². The fraction of sp³-hybridized carbons (Fsp3) is 0.286. The smallest absolute Gasteiger partial charge is 0.399 e. The van der Waals surface area contributed by atoms with Gasteiger partial charge in [0, 0.05) is 11.9 Å². The van der Waals surface area contributed by atoms with Gasteiger partial charge in [-0.05, 0) is 12.1 Å². The Bertz CT molecular complexity index is 300. The molecule has 1 aromatic heterocycles. The number of alkyl halides is 3. The molecule has 0 fully saturated rings. The maximum atomic E-state index is 11.9. The molecule has 1 aromatic rings. The molecule has 3 N–H and O–H groups in total. The number of pyridine rings is 1. The monoisotopic (exact) mass is 192 g/mol.